The molecule has 1 saturated heterocycles. The number of H-pyrrole nitrogens is 1. The average Bonchev–Trinajstić information content (AvgIpc) is 3.17. The lowest BCUT2D eigenvalue weighted by molar-refractivity contribution is 0.102. The second-order valence-electron chi connectivity index (χ2n) is 8.77. The van der Waals surface area contributed by atoms with Crippen LogP contribution in [-0.4, -0.2) is 60.3 Å². The lowest BCUT2D eigenvalue weighted by Gasteiger charge is -2.34. The van der Waals surface area contributed by atoms with Gasteiger partial charge in [-0.05, 0) is 55.6 Å². The lowest BCUT2D eigenvalue weighted by atomic mass is 10.1. The molecule has 0 saturated carbocycles. The summed E-state index contributed by atoms with van der Waals surface area (Å²) < 4.78 is 0. The molecule has 4 aromatic rings. The quantitative estimate of drug-likeness (QED) is 0.284. The van der Waals surface area contributed by atoms with E-state index in [1.807, 2.05) is 18.2 Å². The Kier molecular flexibility index (Phi) is 6.87. The van der Waals surface area contributed by atoms with E-state index in [2.05, 4.69) is 38.2 Å². The van der Waals surface area contributed by atoms with Crippen LogP contribution in [-0.2, 0) is 0 Å². The van der Waals surface area contributed by atoms with Crippen LogP contribution in [0.5, 0.6) is 5.88 Å². The first kappa shape index (κ1) is 24.2. The molecular formula is C27H25Cl2N5O2. The number of fused-ring (bicyclic) bond motifs is 1. The second-order valence-corrected chi connectivity index (χ2v) is 9.58. The first-order valence-electron chi connectivity index (χ1n) is 11.6. The Morgan fingerprint density at radius 3 is 2.50 bits per heavy atom. The van der Waals surface area contributed by atoms with Gasteiger partial charge in [0.1, 0.15) is 0 Å². The van der Waals surface area contributed by atoms with E-state index in [1.165, 1.54) is 0 Å². The van der Waals surface area contributed by atoms with Crippen molar-refractivity contribution < 1.29 is 9.90 Å². The van der Waals surface area contributed by atoms with Crippen molar-refractivity contribution in [3.8, 4) is 5.88 Å². The Balaban J connectivity index is 1.39. The zero-order valence-corrected chi connectivity index (χ0v) is 21.1. The lowest BCUT2D eigenvalue weighted by Crippen LogP contribution is -2.44. The molecule has 1 aliphatic rings. The van der Waals surface area contributed by atoms with Crippen molar-refractivity contribution >= 4 is 63.3 Å². The van der Waals surface area contributed by atoms with Gasteiger partial charge in [0, 0.05) is 54.7 Å². The third-order valence-electron chi connectivity index (χ3n) is 6.31. The molecule has 3 N–H and O–H groups in total. The summed E-state index contributed by atoms with van der Waals surface area (Å²) in [6.45, 7) is 4.00. The van der Waals surface area contributed by atoms with E-state index >= 15 is 0 Å². The first-order valence-corrected chi connectivity index (χ1v) is 12.3. The molecule has 0 radical (unpaired) electrons. The molecule has 0 aliphatic carbocycles. The summed E-state index contributed by atoms with van der Waals surface area (Å²) in [6, 6.07) is 18.3. The van der Waals surface area contributed by atoms with Crippen LogP contribution in [0, 0.1) is 0 Å². The zero-order valence-electron chi connectivity index (χ0n) is 19.6. The van der Waals surface area contributed by atoms with Crippen molar-refractivity contribution in [1.29, 1.82) is 0 Å². The fourth-order valence-corrected chi connectivity index (χ4v) is 4.86. The molecule has 9 heteroatoms. The number of likely N-dealkylation sites (N-methyl/N-ethyl adjacent to an activating group) is 1. The summed E-state index contributed by atoms with van der Waals surface area (Å²) in [4.78, 5) is 25.1. The van der Waals surface area contributed by atoms with Crippen molar-refractivity contribution in [2.45, 2.75) is 0 Å². The van der Waals surface area contributed by atoms with Gasteiger partial charge in [0.25, 0.3) is 5.91 Å². The van der Waals surface area contributed by atoms with E-state index in [0.29, 0.717) is 16.8 Å². The molecule has 7 nitrogen and oxygen atoms in total. The Labute approximate surface area is 219 Å². The van der Waals surface area contributed by atoms with Crippen LogP contribution in [0.3, 0.4) is 0 Å². The van der Waals surface area contributed by atoms with E-state index in [4.69, 9.17) is 23.2 Å². The number of anilines is 2. The summed E-state index contributed by atoms with van der Waals surface area (Å²) in [5.74, 6) is -0.415. The van der Waals surface area contributed by atoms with Gasteiger partial charge in [-0.25, -0.2) is 0 Å². The van der Waals surface area contributed by atoms with E-state index in [-0.39, 0.29) is 21.5 Å². The molecule has 0 bridgehead atoms. The van der Waals surface area contributed by atoms with Crippen molar-refractivity contribution in [3.63, 3.8) is 0 Å². The highest BCUT2D eigenvalue weighted by Gasteiger charge is 2.17. The number of carbonyl (C=O) groups is 1. The number of hydrogen-bond donors (Lipinski definition) is 3. The molecule has 0 unspecified atom stereocenters. The van der Waals surface area contributed by atoms with E-state index < -0.39 is 5.91 Å². The number of aromatic nitrogens is 1. The molecule has 1 aromatic heterocycles. The number of carbonyl (C=O) groups excluding carboxylic acids is 1. The van der Waals surface area contributed by atoms with Gasteiger partial charge in [0.05, 0.1) is 26.9 Å². The van der Waals surface area contributed by atoms with Crippen molar-refractivity contribution in [1.82, 2.24) is 9.88 Å². The van der Waals surface area contributed by atoms with E-state index in [1.54, 1.807) is 42.6 Å². The summed E-state index contributed by atoms with van der Waals surface area (Å²) in [7, 11) is 2.13. The smallest absolute Gasteiger partial charge is 0.258 e. The molecule has 0 atom stereocenters. The molecule has 5 rings (SSSR count). The van der Waals surface area contributed by atoms with Crippen molar-refractivity contribution in [2.75, 3.05) is 43.4 Å². The Morgan fingerprint density at radius 2 is 1.75 bits per heavy atom. The molecule has 2 heterocycles. The predicted molar refractivity (Wildman–Crippen MR) is 148 cm³/mol. The number of halogens is 2. The molecular weight excluding hydrogens is 497 g/mol. The third-order valence-corrected chi connectivity index (χ3v) is 6.94. The highest BCUT2D eigenvalue weighted by atomic mass is 35.5. The fourth-order valence-electron chi connectivity index (χ4n) is 4.29. The summed E-state index contributed by atoms with van der Waals surface area (Å²) in [5.41, 5.74) is 3.91. The molecule has 0 spiro atoms. The van der Waals surface area contributed by atoms with Gasteiger partial charge < -0.3 is 25.2 Å². The zero-order chi connectivity index (χ0) is 25.2. The van der Waals surface area contributed by atoms with E-state index in [9.17, 15) is 9.90 Å². The number of hydrogen-bond acceptors (Lipinski definition) is 5. The maximum Gasteiger partial charge on any atom is 0.258 e. The summed E-state index contributed by atoms with van der Waals surface area (Å²) in [5, 5.41) is 14.6. The average molecular weight is 522 g/mol. The maximum atomic E-state index is 12.8. The minimum atomic E-state index is -0.416. The first-order chi connectivity index (χ1) is 17.4. The van der Waals surface area contributed by atoms with Crippen LogP contribution < -0.4 is 10.2 Å². The second kappa shape index (κ2) is 10.2. The molecule has 1 fully saturated rings. The monoisotopic (exact) mass is 521 g/mol. The highest BCUT2D eigenvalue weighted by molar-refractivity contribution is 6.40. The largest absolute Gasteiger partial charge is 0.494 e. The number of nitrogens with zero attached hydrogens (tertiary/aromatic N) is 3. The third kappa shape index (κ3) is 5.04. The highest BCUT2D eigenvalue weighted by Crippen LogP contribution is 2.31. The molecule has 1 amide bonds. The normalized spacial score (nSPS) is 14.6. The maximum absolute atomic E-state index is 12.8. The molecule has 3 aromatic carbocycles. The number of aromatic amines is 1. The molecule has 36 heavy (non-hydrogen) atoms. The number of benzene rings is 3. The SMILES string of the molecule is CN1CCN(c2cccc(N=Cc3c(O)[nH]c4ccc(NC(=O)c5c(Cl)cccc5Cl)cc34)c2)CC1. The number of rotatable bonds is 5. The topological polar surface area (TPSA) is 84.0 Å². The molecule has 184 valence electrons. The predicted octanol–water partition coefficient (Wildman–Crippen LogP) is 5.94. The number of nitrogens with one attached hydrogen (secondary N) is 2. The van der Waals surface area contributed by atoms with Crippen molar-refractivity contribution in [2.24, 2.45) is 4.99 Å². The minimum absolute atomic E-state index is 0.00148. The number of aliphatic imine (C=N–C) groups is 1. The van der Waals surface area contributed by atoms with Gasteiger partial charge >= 0.3 is 0 Å². The Hall–Kier alpha value is -3.52. The summed E-state index contributed by atoms with van der Waals surface area (Å²) in [6.07, 6.45) is 1.63. The van der Waals surface area contributed by atoms with Gasteiger partial charge in [-0.15, -0.1) is 0 Å². The van der Waals surface area contributed by atoms with Gasteiger partial charge in [0.2, 0.25) is 0 Å². The van der Waals surface area contributed by atoms with Crippen LogP contribution in [0.4, 0.5) is 17.1 Å². The standard InChI is InChI=1S/C27H25Cl2N5O2/c1-33-10-12-34(13-11-33)19-5-2-4-17(14-19)30-16-21-20-15-18(8-9-24(20)32-26(21)35)31-27(36)25-22(28)6-3-7-23(25)29/h2-9,14-16,32,35H,10-13H2,1H3,(H,31,36). The van der Waals surface area contributed by atoms with Crippen LogP contribution >= 0.6 is 23.2 Å². The minimum Gasteiger partial charge on any atom is -0.494 e. The van der Waals surface area contributed by atoms with Crippen LogP contribution in [0.1, 0.15) is 15.9 Å². The summed E-state index contributed by atoms with van der Waals surface area (Å²) >= 11 is 12.3. The van der Waals surface area contributed by atoms with Gasteiger partial charge in [-0.3, -0.25) is 9.79 Å². The van der Waals surface area contributed by atoms with Gasteiger partial charge in [-0.1, -0.05) is 35.3 Å². The van der Waals surface area contributed by atoms with Crippen LogP contribution in [0.15, 0.2) is 65.7 Å². The van der Waals surface area contributed by atoms with Crippen molar-refractivity contribution in [3.05, 3.63) is 81.8 Å². The number of aromatic hydroxyl groups is 1. The van der Waals surface area contributed by atoms with Crippen LogP contribution in [0.25, 0.3) is 10.9 Å². The van der Waals surface area contributed by atoms with E-state index in [0.717, 1.165) is 42.9 Å². The number of piperazine rings is 1. The fraction of sp³-hybridized carbons (Fsp3) is 0.185. The number of amides is 1. The van der Waals surface area contributed by atoms with Gasteiger partial charge in [0.15, 0.2) is 5.88 Å². The Morgan fingerprint density at radius 1 is 1.03 bits per heavy atom. The Bertz CT molecular complexity index is 1440. The molecule has 1 aliphatic heterocycles. The van der Waals surface area contributed by atoms with Gasteiger partial charge in [-0.2, -0.15) is 0 Å². The van der Waals surface area contributed by atoms with Crippen LogP contribution in [0.2, 0.25) is 10.0 Å².